The highest BCUT2D eigenvalue weighted by atomic mass is 19.4. The van der Waals surface area contributed by atoms with Gasteiger partial charge in [-0.05, 0) is 31.0 Å². The Morgan fingerprint density at radius 3 is 2.39 bits per heavy atom. The zero-order valence-electron chi connectivity index (χ0n) is 17.0. The maximum atomic E-state index is 13.0. The van der Waals surface area contributed by atoms with Crippen molar-refractivity contribution in [2.24, 2.45) is 0 Å². The van der Waals surface area contributed by atoms with E-state index < -0.39 is 23.9 Å². The van der Waals surface area contributed by atoms with E-state index in [1.54, 1.807) is 12.1 Å². The van der Waals surface area contributed by atoms with E-state index in [1.807, 2.05) is 19.1 Å². The molecule has 0 aliphatic carbocycles. The van der Waals surface area contributed by atoms with Crippen LogP contribution in [-0.4, -0.2) is 43.3 Å². The number of nitrogens with one attached hydrogen (secondary N) is 1. The van der Waals surface area contributed by atoms with E-state index in [-0.39, 0.29) is 23.5 Å². The number of amides is 2. The second-order valence-corrected chi connectivity index (χ2v) is 6.92. The number of carbonyl (C=O) groups is 2. The smallest absolute Gasteiger partial charge is 0.406 e. The molecule has 1 N–H and O–H groups in total. The van der Waals surface area contributed by atoms with Crippen LogP contribution in [0, 0.1) is 6.92 Å². The average Bonchev–Trinajstić information content (AvgIpc) is 2.92. The van der Waals surface area contributed by atoms with Crippen LogP contribution in [0.1, 0.15) is 17.5 Å². The van der Waals surface area contributed by atoms with Crippen LogP contribution in [-0.2, 0) is 14.3 Å². The highest BCUT2D eigenvalue weighted by Gasteiger charge is 2.39. The number of methoxy groups -OCH3 is 1. The SMILES string of the molecule is COCCCN1C(=O)C(Nc2cccc(OC(F)(F)F)c2)=C(c2ccc(C)cc2)C1=O. The molecule has 0 saturated carbocycles. The van der Waals surface area contributed by atoms with E-state index in [0.717, 1.165) is 22.6 Å². The molecule has 2 aromatic carbocycles. The fraction of sp³-hybridized carbons (Fsp3) is 0.273. The Morgan fingerprint density at radius 1 is 1.03 bits per heavy atom. The van der Waals surface area contributed by atoms with Gasteiger partial charge < -0.3 is 14.8 Å². The van der Waals surface area contributed by atoms with Gasteiger partial charge in [0.15, 0.2) is 0 Å². The maximum Gasteiger partial charge on any atom is 0.573 e. The zero-order valence-corrected chi connectivity index (χ0v) is 17.0. The van der Waals surface area contributed by atoms with Crippen molar-refractivity contribution in [3.05, 3.63) is 65.4 Å². The van der Waals surface area contributed by atoms with E-state index in [1.165, 1.54) is 19.2 Å². The number of rotatable bonds is 8. The lowest BCUT2D eigenvalue weighted by Gasteiger charge is -2.15. The molecule has 3 rings (SSSR count). The molecule has 9 heteroatoms. The highest BCUT2D eigenvalue weighted by molar-refractivity contribution is 6.36. The van der Waals surface area contributed by atoms with Crippen LogP contribution in [0.15, 0.2) is 54.2 Å². The van der Waals surface area contributed by atoms with Crippen LogP contribution in [0.4, 0.5) is 18.9 Å². The van der Waals surface area contributed by atoms with Gasteiger partial charge in [0.2, 0.25) is 0 Å². The van der Waals surface area contributed by atoms with Crippen molar-refractivity contribution in [3.8, 4) is 5.75 Å². The molecule has 0 radical (unpaired) electrons. The summed E-state index contributed by atoms with van der Waals surface area (Å²) in [7, 11) is 1.52. The highest BCUT2D eigenvalue weighted by Crippen LogP contribution is 2.32. The summed E-state index contributed by atoms with van der Waals surface area (Å²) in [6, 6.07) is 12.2. The standard InChI is InChI=1S/C22H21F3N2O4/c1-14-7-9-15(10-8-14)18-19(21(29)27(20(18)28)11-4-12-30-2)26-16-5-3-6-17(13-16)31-22(23,24)25/h3,5-10,13,26H,4,11-12H2,1-2H3. The number of carbonyl (C=O) groups excluding carboxylic acids is 2. The Bertz CT molecular complexity index is 1000. The lowest BCUT2D eigenvalue weighted by molar-refractivity contribution is -0.274. The van der Waals surface area contributed by atoms with E-state index >= 15 is 0 Å². The fourth-order valence-electron chi connectivity index (χ4n) is 3.17. The summed E-state index contributed by atoms with van der Waals surface area (Å²) in [5, 5.41) is 2.82. The summed E-state index contributed by atoms with van der Waals surface area (Å²) in [4.78, 5) is 27.2. The van der Waals surface area contributed by atoms with Gasteiger partial charge in [-0.25, -0.2) is 0 Å². The summed E-state index contributed by atoms with van der Waals surface area (Å²) >= 11 is 0. The Hall–Kier alpha value is -3.33. The van der Waals surface area contributed by atoms with Gasteiger partial charge in [-0.1, -0.05) is 35.9 Å². The molecule has 2 aromatic rings. The third kappa shape index (κ3) is 5.43. The van der Waals surface area contributed by atoms with Crippen molar-refractivity contribution in [2.75, 3.05) is 25.6 Å². The molecule has 0 bridgehead atoms. The van der Waals surface area contributed by atoms with Gasteiger partial charge >= 0.3 is 6.36 Å². The molecule has 2 amide bonds. The minimum absolute atomic E-state index is 0.00423. The number of halogens is 3. The topological polar surface area (TPSA) is 67.9 Å². The van der Waals surface area contributed by atoms with Gasteiger partial charge in [0.25, 0.3) is 11.8 Å². The maximum absolute atomic E-state index is 13.0. The van der Waals surface area contributed by atoms with E-state index in [4.69, 9.17) is 4.74 Å². The number of imide groups is 1. The van der Waals surface area contributed by atoms with Gasteiger partial charge in [0, 0.05) is 32.0 Å². The van der Waals surface area contributed by atoms with Crippen LogP contribution in [0.3, 0.4) is 0 Å². The first-order valence-corrected chi connectivity index (χ1v) is 9.49. The van der Waals surface area contributed by atoms with Gasteiger partial charge in [-0.2, -0.15) is 0 Å². The molecule has 1 aliphatic heterocycles. The van der Waals surface area contributed by atoms with Gasteiger partial charge in [0.05, 0.1) is 5.57 Å². The van der Waals surface area contributed by atoms with Crippen molar-refractivity contribution in [3.63, 3.8) is 0 Å². The monoisotopic (exact) mass is 434 g/mol. The molecule has 0 fully saturated rings. The molecule has 0 unspecified atom stereocenters. The predicted molar refractivity (Wildman–Crippen MR) is 108 cm³/mol. The predicted octanol–water partition coefficient (Wildman–Crippen LogP) is 4.12. The van der Waals surface area contributed by atoms with Crippen molar-refractivity contribution >= 4 is 23.1 Å². The number of hydrogen-bond acceptors (Lipinski definition) is 5. The number of nitrogens with zero attached hydrogens (tertiary/aromatic N) is 1. The van der Waals surface area contributed by atoms with Crippen LogP contribution >= 0.6 is 0 Å². The average molecular weight is 434 g/mol. The quantitative estimate of drug-likeness (QED) is 0.500. The van der Waals surface area contributed by atoms with Crippen molar-refractivity contribution in [2.45, 2.75) is 19.7 Å². The summed E-state index contributed by atoms with van der Waals surface area (Å²) in [6.07, 6.45) is -4.39. The molecule has 0 aromatic heterocycles. The molecule has 31 heavy (non-hydrogen) atoms. The van der Waals surface area contributed by atoms with Gasteiger partial charge in [-0.3, -0.25) is 14.5 Å². The van der Waals surface area contributed by atoms with Gasteiger partial charge in [-0.15, -0.1) is 13.2 Å². The number of aryl methyl sites for hydroxylation is 1. The Morgan fingerprint density at radius 2 is 1.74 bits per heavy atom. The molecular formula is C22H21F3N2O4. The minimum atomic E-state index is -4.84. The first-order chi connectivity index (χ1) is 14.7. The first-order valence-electron chi connectivity index (χ1n) is 9.49. The summed E-state index contributed by atoms with van der Waals surface area (Å²) < 4.78 is 46.5. The lowest BCUT2D eigenvalue weighted by atomic mass is 10.0. The van der Waals surface area contributed by atoms with Crippen molar-refractivity contribution < 1.29 is 32.2 Å². The summed E-state index contributed by atoms with van der Waals surface area (Å²) in [6.45, 7) is 2.42. The number of ether oxygens (including phenoxy) is 2. The second kappa shape index (κ2) is 9.22. The number of alkyl halides is 3. The second-order valence-electron chi connectivity index (χ2n) is 6.92. The van der Waals surface area contributed by atoms with Gasteiger partial charge in [0.1, 0.15) is 11.4 Å². The number of anilines is 1. The molecular weight excluding hydrogens is 413 g/mol. The summed E-state index contributed by atoms with van der Waals surface area (Å²) in [5.41, 5.74) is 1.84. The molecule has 1 heterocycles. The Kier molecular flexibility index (Phi) is 6.65. The zero-order chi connectivity index (χ0) is 22.6. The number of benzene rings is 2. The van der Waals surface area contributed by atoms with Crippen LogP contribution in [0.25, 0.3) is 5.57 Å². The number of hydrogen-bond donors (Lipinski definition) is 1. The molecule has 0 atom stereocenters. The van der Waals surface area contributed by atoms with Crippen LogP contribution in [0.2, 0.25) is 0 Å². The fourth-order valence-corrected chi connectivity index (χ4v) is 3.17. The molecule has 0 spiro atoms. The van der Waals surface area contributed by atoms with Crippen molar-refractivity contribution in [1.82, 2.24) is 4.90 Å². The van der Waals surface area contributed by atoms with E-state index in [2.05, 4.69) is 10.1 Å². The Labute approximate surface area is 177 Å². The Balaban J connectivity index is 1.96. The van der Waals surface area contributed by atoms with Crippen LogP contribution in [0.5, 0.6) is 5.75 Å². The van der Waals surface area contributed by atoms with Crippen LogP contribution < -0.4 is 10.1 Å². The minimum Gasteiger partial charge on any atom is -0.406 e. The summed E-state index contributed by atoms with van der Waals surface area (Å²) in [5.74, 6) is -1.47. The third-order valence-electron chi connectivity index (χ3n) is 4.58. The lowest BCUT2D eigenvalue weighted by Crippen LogP contribution is -2.33. The molecule has 164 valence electrons. The van der Waals surface area contributed by atoms with Crippen molar-refractivity contribution in [1.29, 1.82) is 0 Å². The normalized spacial score (nSPS) is 14.4. The van der Waals surface area contributed by atoms with E-state index in [9.17, 15) is 22.8 Å². The van der Waals surface area contributed by atoms with E-state index in [0.29, 0.717) is 18.6 Å². The first kappa shape index (κ1) is 22.4. The third-order valence-corrected chi connectivity index (χ3v) is 4.58. The molecule has 0 saturated heterocycles. The molecule has 1 aliphatic rings. The largest absolute Gasteiger partial charge is 0.573 e. The molecule has 6 nitrogen and oxygen atoms in total.